The summed E-state index contributed by atoms with van der Waals surface area (Å²) in [4.78, 5) is 35.8. The normalized spacial score (nSPS) is 18.8. The number of aryl methyl sites for hydroxylation is 1. The fraction of sp³-hybridized carbons (Fsp3) is 0.320. The summed E-state index contributed by atoms with van der Waals surface area (Å²) in [7, 11) is 0. The minimum absolute atomic E-state index is 0.0235. The van der Waals surface area contributed by atoms with Crippen molar-refractivity contribution in [3.8, 4) is 6.07 Å². The van der Waals surface area contributed by atoms with Gasteiger partial charge in [0, 0.05) is 28.4 Å². The Morgan fingerprint density at radius 1 is 1.24 bits per heavy atom. The number of benzene rings is 1. The first-order chi connectivity index (χ1) is 15.9. The Labute approximate surface area is 196 Å². The summed E-state index contributed by atoms with van der Waals surface area (Å²) >= 11 is 1.56. The first kappa shape index (κ1) is 21.4. The van der Waals surface area contributed by atoms with Crippen molar-refractivity contribution >= 4 is 34.5 Å². The molecule has 2 N–H and O–H groups in total. The number of rotatable bonds is 5. The molecule has 1 saturated carbocycles. The van der Waals surface area contributed by atoms with E-state index in [-0.39, 0.29) is 17.7 Å². The maximum atomic E-state index is 12.8. The molecular weight excluding hydrogens is 434 g/mol. The number of carbonyl (C=O) groups is 2. The van der Waals surface area contributed by atoms with Gasteiger partial charge >= 0.3 is 0 Å². The van der Waals surface area contributed by atoms with Gasteiger partial charge in [0.25, 0.3) is 0 Å². The minimum atomic E-state index is -0.554. The van der Waals surface area contributed by atoms with Crippen molar-refractivity contribution in [1.82, 2.24) is 14.9 Å². The van der Waals surface area contributed by atoms with E-state index in [1.807, 2.05) is 37.4 Å². The summed E-state index contributed by atoms with van der Waals surface area (Å²) in [5.74, 6) is 0.379. The number of hydrogen-bond acceptors (Lipinski definition) is 6. The number of nitriles is 1. The van der Waals surface area contributed by atoms with Crippen LogP contribution in [0.3, 0.4) is 0 Å². The van der Waals surface area contributed by atoms with Crippen LogP contribution in [-0.2, 0) is 16.6 Å². The summed E-state index contributed by atoms with van der Waals surface area (Å²) in [5.41, 5.74) is 10.3. The maximum Gasteiger partial charge on any atom is 0.249 e. The highest BCUT2D eigenvalue weighted by Gasteiger charge is 2.46. The summed E-state index contributed by atoms with van der Waals surface area (Å²) in [6.45, 7) is 1.97. The molecule has 0 radical (unpaired) electrons. The first-order valence-electron chi connectivity index (χ1n) is 10.9. The molecule has 3 aromatic rings. The smallest absolute Gasteiger partial charge is 0.249 e. The molecule has 2 fully saturated rings. The SMILES string of the molecule is Cc1ccc(C2(c3ccc4nc(CC(=O)N5CSCC5C#N)cc(C(N)=O)c4c3)CC2)cn1. The van der Waals surface area contributed by atoms with Crippen LogP contribution in [0.2, 0.25) is 0 Å². The van der Waals surface area contributed by atoms with E-state index in [1.54, 1.807) is 22.7 Å². The molecule has 2 aliphatic rings. The van der Waals surface area contributed by atoms with E-state index >= 15 is 0 Å². The number of hydrogen-bond donors (Lipinski definition) is 1. The van der Waals surface area contributed by atoms with Gasteiger partial charge in [-0.25, -0.2) is 0 Å². The van der Waals surface area contributed by atoms with Gasteiger partial charge in [0.15, 0.2) is 0 Å². The lowest BCUT2D eigenvalue weighted by atomic mass is 9.87. The second kappa shape index (κ2) is 8.16. The second-order valence-electron chi connectivity index (χ2n) is 8.71. The average molecular weight is 458 g/mol. The molecule has 33 heavy (non-hydrogen) atoms. The van der Waals surface area contributed by atoms with Gasteiger partial charge in [0.1, 0.15) is 6.04 Å². The number of thioether (sulfide) groups is 1. The van der Waals surface area contributed by atoms with E-state index in [0.717, 1.165) is 24.1 Å². The molecule has 7 nitrogen and oxygen atoms in total. The number of amides is 2. The third kappa shape index (κ3) is 3.83. The first-order valence-corrected chi connectivity index (χ1v) is 12.0. The molecule has 1 aromatic carbocycles. The molecule has 2 amide bonds. The highest BCUT2D eigenvalue weighted by Crippen LogP contribution is 2.53. The lowest BCUT2D eigenvalue weighted by molar-refractivity contribution is -0.130. The fourth-order valence-corrected chi connectivity index (χ4v) is 5.65. The van der Waals surface area contributed by atoms with Crippen LogP contribution in [-0.4, -0.2) is 44.4 Å². The number of pyridine rings is 2. The van der Waals surface area contributed by atoms with Crippen molar-refractivity contribution in [2.45, 2.75) is 37.6 Å². The lowest BCUT2D eigenvalue weighted by Gasteiger charge is -2.19. The van der Waals surface area contributed by atoms with Crippen LogP contribution >= 0.6 is 11.8 Å². The predicted molar refractivity (Wildman–Crippen MR) is 127 cm³/mol. The van der Waals surface area contributed by atoms with Crippen LogP contribution in [0, 0.1) is 18.3 Å². The van der Waals surface area contributed by atoms with Crippen LogP contribution in [0.4, 0.5) is 0 Å². The second-order valence-corrected chi connectivity index (χ2v) is 9.71. The molecule has 1 unspecified atom stereocenters. The van der Waals surface area contributed by atoms with Crippen LogP contribution in [0.5, 0.6) is 0 Å². The zero-order chi connectivity index (χ0) is 23.2. The number of nitrogens with two attached hydrogens (primary N) is 1. The van der Waals surface area contributed by atoms with Crippen LogP contribution in [0.1, 0.15) is 45.7 Å². The maximum absolute atomic E-state index is 12.8. The Hall–Kier alpha value is -3.44. The number of aromatic nitrogens is 2. The predicted octanol–water partition coefficient (Wildman–Crippen LogP) is 3.08. The number of carbonyl (C=O) groups excluding carboxylic acids is 2. The quantitative estimate of drug-likeness (QED) is 0.630. The standard InChI is InChI=1S/C25H23N5O2S/c1-15-2-3-17(12-28-15)25(6-7-25)16-4-5-22-20(8-16)21(24(27)32)9-18(29-22)10-23(31)30-14-33-13-19(30)11-26/h2-5,8-9,12,19H,6-7,10,13-14H2,1H3,(H2,27,32). The molecule has 3 heterocycles. The van der Waals surface area contributed by atoms with Gasteiger partial charge in [-0.3, -0.25) is 19.6 Å². The van der Waals surface area contributed by atoms with E-state index in [0.29, 0.717) is 33.8 Å². The average Bonchev–Trinajstić information content (AvgIpc) is 3.47. The molecular formula is C25H23N5O2S. The summed E-state index contributed by atoms with van der Waals surface area (Å²) in [5, 5.41) is 9.95. The summed E-state index contributed by atoms with van der Waals surface area (Å²) in [6.07, 6.45) is 3.99. The molecule has 0 bridgehead atoms. The third-order valence-electron chi connectivity index (χ3n) is 6.58. The van der Waals surface area contributed by atoms with Crippen LogP contribution < -0.4 is 5.73 Å². The van der Waals surface area contributed by atoms with Gasteiger partial charge < -0.3 is 10.6 Å². The Morgan fingerprint density at radius 2 is 2.03 bits per heavy atom. The Morgan fingerprint density at radius 3 is 2.70 bits per heavy atom. The van der Waals surface area contributed by atoms with E-state index in [4.69, 9.17) is 5.73 Å². The Balaban J connectivity index is 1.50. The van der Waals surface area contributed by atoms with E-state index in [1.165, 1.54) is 5.56 Å². The van der Waals surface area contributed by atoms with Crippen LogP contribution in [0.15, 0.2) is 42.6 Å². The van der Waals surface area contributed by atoms with E-state index < -0.39 is 11.9 Å². The lowest BCUT2D eigenvalue weighted by Crippen LogP contribution is -2.36. The topological polar surface area (TPSA) is 113 Å². The van der Waals surface area contributed by atoms with Crippen molar-refractivity contribution < 1.29 is 9.59 Å². The number of fused-ring (bicyclic) bond motifs is 1. The molecule has 166 valence electrons. The monoisotopic (exact) mass is 457 g/mol. The molecule has 1 aliphatic carbocycles. The largest absolute Gasteiger partial charge is 0.366 e. The van der Waals surface area contributed by atoms with Gasteiger partial charge in [-0.15, -0.1) is 11.8 Å². The number of nitrogens with zero attached hydrogens (tertiary/aromatic N) is 4. The van der Waals surface area contributed by atoms with Gasteiger partial charge in [-0.05, 0) is 55.2 Å². The molecule has 5 rings (SSSR count). The van der Waals surface area contributed by atoms with Gasteiger partial charge in [-0.1, -0.05) is 12.1 Å². The van der Waals surface area contributed by atoms with Crippen molar-refractivity contribution in [3.05, 3.63) is 70.7 Å². The highest BCUT2D eigenvalue weighted by atomic mass is 32.2. The highest BCUT2D eigenvalue weighted by molar-refractivity contribution is 7.99. The number of primary amides is 1. The van der Waals surface area contributed by atoms with E-state index in [9.17, 15) is 14.9 Å². The molecule has 1 atom stereocenters. The molecule has 1 saturated heterocycles. The summed E-state index contributed by atoms with van der Waals surface area (Å²) < 4.78 is 0. The zero-order valence-electron chi connectivity index (χ0n) is 18.2. The molecule has 1 aliphatic heterocycles. The Kier molecular flexibility index (Phi) is 5.29. The molecule has 0 spiro atoms. The summed E-state index contributed by atoms with van der Waals surface area (Å²) in [6, 6.07) is 13.4. The zero-order valence-corrected chi connectivity index (χ0v) is 19.1. The van der Waals surface area contributed by atoms with Crippen molar-refractivity contribution in [2.24, 2.45) is 5.73 Å². The van der Waals surface area contributed by atoms with Gasteiger partial charge in [0.05, 0.1) is 35.1 Å². The van der Waals surface area contributed by atoms with Gasteiger partial charge in [0.2, 0.25) is 11.8 Å². The third-order valence-corrected chi connectivity index (χ3v) is 7.59. The Bertz CT molecular complexity index is 1310. The van der Waals surface area contributed by atoms with Crippen LogP contribution in [0.25, 0.3) is 10.9 Å². The fourth-order valence-electron chi connectivity index (χ4n) is 4.54. The molecule has 2 aromatic heterocycles. The van der Waals surface area contributed by atoms with E-state index in [2.05, 4.69) is 22.1 Å². The van der Waals surface area contributed by atoms with Crippen molar-refractivity contribution in [1.29, 1.82) is 5.26 Å². The minimum Gasteiger partial charge on any atom is -0.366 e. The van der Waals surface area contributed by atoms with Gasteiger partial charge in [-0.2, -0.15) is 5.26 Å². The van der Waals surface area contributed by atoms with Crippen molar-refractivity contribution in [2.75, 3.05) is 11.6 Å². The molecule has 8 heteroatoms. The van der Waals surface area contributed by atoms with Crippen molar-refractivity contribution in [3.63, 3.8) is 0 Å².